The van der Waals surface area contributed by atoms with Gasteiger partial charge in [0.1, 0.15) is 5.75 Å². The van der Waals surface area contributed by atoms with Gasteiger partial charge in [-0.25, -0.2) is 0 Å². The molecule has 2 aliphatic rings. The van der Waals surface area contributed by atoms with Crippen LogP contribution in [0.1, 0.15) is 21.8 Å². The van der Waals surface area contributed by atoms with Gasteiger partial charge in [0.25, 0.3) is 5.91 Å². The Kier molecular flexibility index (Phi) is 3.26. The number of methoxy groups -OCH3 is 1. The standard InChI is InChI=1S/C12H14N2O2.ClH/c1-16-7-2-3-8-9(4-7)10-5-13-6-11(10)14-12(8)15;/h2-4,10-11,13H,5-6H2,1H3,(H,14,15);1H. The van der Waals surface area contributed by atoms with Gasteiger partial charge >= 0.3 is 0 Å². The smallest absolute Gasteiger partial charge is 0.251 e. The lowest BCUT2D eigenvalue weighted by molar-refractivity contribution is 0.0924. The Hall–Kier alpha value is -1.26. The second-order valence-electron chi connectivity index (χ2n) is 4.30. The summed E-state index contributed by atoms with van der Waals surface area (Å²) in [5.41, 5.74) is 1.89. The predicted octanol–water partition coefficient (Wildman–Crippen LogP) is 0.916. The Balaban J connectivity index is 0.00000108. The van der Waals surface area contributed by atoms with Gasteiger partial charge in [0.15, 0.2) is 0 Å². The number of fused-ring (bicyclic) bond motifs is 3. The summed E-state index contributed by atoms with van der Waals surface area (Å²) in [5, 5.41) is 6.34. The fraction of sp³-hybridized carbons (Fsp3) is 0.417. The van der Waals surface area contributed by atoms with Crippen LogP contribution in [0.15, 0.2) is 18.2 Å². The average Bonchev–Trinajstić information content (AvgIpc) is 2.76. The summed E-state index contributed by atoms with van der Waals surface area (Å²) >= 11 is 0. The van der Waals surface area contributed by atoms with Gasteiger partial charge in [0.2, 0.25) is 0 Å². The lowest BCUT2D eigenvalue weighted by atomic mass is 9.86. The number of amides is 1. The highest BCUT2D eigenvalue weighted by Crippen LogP contribution is 2.32. The highest BCUT2D eigenvalue weighted by Gasteiger charge is 2.36. The lowest BCUT2D eigenvalue weighted by Gasteiger charge is -2.28. The molecule has 1 fully saturated rings. The maximum absolute atomic E-state index is 11.8. The van der Waals surface area contributed by atoms with Gasteiger partial charge in [-0.05, 0) is 23.8 Å². The highest BCUT2D eigenvalue weighted by atomic mass is 35.5. The molecule has 1 saturated heterocycles. The fourth-order valence-corrected chi connectivity index (χ4v) is 2.58. The van der Waals surface area contributed by atoms with Crippen LogP contribution in [0.5, 0.6) is 5.75 Å². The van der Waals surface area contributed by atoms with E-state index in [1.54, 1.807) is 7.11 Å². The summed E-state index contributed by atoms with van der Waals surface area (Å²) in [6.45, 7) is 1.78. The topological polar surface area (TPSA) is 50.4 Å². The molecule has 3 rings (SSSR count). The Morgan fingerprint density at radius 2 is 2.18 bits per heavy atom. The SMILES string of the molecule is COc1ccc2c(c1)C1CNCC1NC2=O.Cl. The first-order valence-electron chi connectivity index (χ1n) is 5.49. The van der Waals surface area contributed by atoms with Crippen molar-refractivity contribution in [2.75, 3.05) is 20.2 Å². The third-order valence-electron chi connectivity index (χ3n) is 3.43. The molecule has 0 aromatic heterocycles. The monoisotopic (exact) mass is 254 g/mol. The quantitative estimate of drug-likeness (QED) is 0.784. The predicted molar refractivity (Wildman–Crippen MR) is 67.1 cm³/mol. The highest BCUT2D eigenvalue weighted by molar-refractivity contribution is 5.97. The summed E-state index contributed by atoms with van der Waals surface area (Å²) in [7, 11) is 1.65. The summed E-state index contributed by atoms with van der Waals surface area (Å²) in [4.78, 5) is 11.8. The molecule has 0 aliphatic carbocycles. The zero-order valence-corrected chi connectivity index (χ0v) is 10.3. The van der Waals surface area contributed by atoms with Crippen LogP contribution in [0.25, 0.3) is 0 Å². The van der Waals surface area contributed by atoms with E-state index in [2.05, 4.69) is 10.6 Å². The van der Waals surface area contributed by atoms with Gasteiger partial charge in [-0.2, -0.15) is 0 Å². The molecule has 2 N–H and O–H groups in total. The Morgan fingerprint density at radius 1 is 1.35 bits per heavy atom. The van der Waals surface area contributed by atoms with Crippen molar-refractivity contribution in [1.29, 1.82) is 0 Å². The number of benzene rings is 1. The van der Waals surface area contributed by atoms with Gasteiger partial charge in [-0.3, -0.25) is 4.79 Å². The molecule has 0 saturated carbocycles. The van der Waals surface area contributed by atoms with Crippen molar-refractivity contribution in [3.05, 3.63) is 29.3 Å². The molecule has 1 aromatic carbocycles. The van der Waals surface area contributed by atoms with E-state index in [0.717, 1.165) is 30.0 Å². The van der Waals surface area contributed by atoms with Crippen molar-refractivity contribution in [2.24, 2.45) is 0 Å². The van der Waals surface area contributed by atoms with Gasteiger partial charge in [0.05, 0.1) is 7.11 Å². The van der Waals surface area contributed by atoms with E-state index in [-0.39, 0.29) is 24.4 Å². The van der Waals surface area contributed by atoms with Crippen molar-refractivity contribution >= 4 is 18.3 Å². The first-order valence-corrected chi connectivity index (χ1v) is 5.49. The van der Waals surface area contributed by atoms with Crippen LogP contribution in [0.2, 0.25) is 0 Å². The zero-order chi connectivity index (χ0) is 11.1. The number of nitrogens with one attached hydrogen (secondary N) is 2. The molecule has 17 heavy (non-hydrogen) atoms. The van der Waals surface area contributed by atoms with Gasteiger partial charge in [0, 0.05) is 30.6 Å². The minimum atomic E-state index is 0. The van der Waals surface area contributed by atoms with Crippen LogP contribution in [-0.4, -0.2) is 32.1 Å². The van der Waals surface area contributed by atoms with Gasteiger partial charge < -0.3 is 15.4 Å². The number of carbonyl (C=O) groups is 1. The van der Waals surface area contributed by atoms with Crippen molar-refractivity contribution in [3.8, 4) is 5.75 Å². The molecule has 2 atom stereocenters. The van der Waals surface area contributed by atoms with E-state index in [9.17, 15) is 4.79 Å². The Morgan fingerprint density at radius 3 is 2.94 bits per heavy atom. The Labute approximate surface area is 106 Å². The molecule has 0 spiro atoms. The fourth-order valence-electron chi connectivity index (χ4n) is 2.58. The summed E-state index contributed by atoms with van der Waals surface area (Å²) in [6, 6.07) is 5.89. The molecule has 0 radical (unpaired) electrons. The van der Waals surface area contributed by atoms with E-state index in [1.165, 1.54) is 0 Å². The summed E-state index contributed by atoms with van der Waals surface area (Å²) < 4.78 is 5.21. The van der Waals surface area contributed by atoms with E-state index in [0.29, 0.717) is 5.92 Å². The van der Waals surface area contributed by atoms with Crippen LogP contribution in [0, 0.1) is 0 Å². The van der Waals surface area contributed by atoms with Crippen LogP contribution >= 0.6 is 12.4 Å². The van der Waals surface area contributed by atoms with E-state index >= 15 is 0 Å². The number of ether oxygens (including phenoxy) is 1. The number of hydrogen-bond donors (Lipinski definition) is 2. The zero-order valence-electron chi connectivity index (χ0n) is 9.53. The van der Waals surface area contributed by atoms with E-state index in [1.807, 2.05) is 18.2 Å². The van der Waals surface area contributed by atoms with Crippen LogP contribution in [0.3, 0.4) is 0 Å². The maximum atomic E-state index is 11.8. The average molecular weight is 255 g/mol. The van der Waals surface area contributed by atoms with Crippen molar-refractivity contribution in [1.82, 2.24) is 10.6 Å². The largest absolute Gasteiger partial charge is 0.497 e. The molecular formula is C12H15ClN2O2. The molecule has 2 heterocycles. The third-order valence-corrected chi connectivity index (χ3v) is 3.43. The molecule has 1 amide bonds. The normalized spacial score (nSPS) is 25.4. The minimum absolute atomic E-state index is 0. The number of rotatable bonds is 1. The molecule has 1 aromatic rings. The molecular weight excluding hydrogens is 240 g/mol. The molecule has 0 bridgehead atoms. The first kappa shape index (κ1) is 12.2. The van der Waals surface area contributed by atoms with Crippen LogP contribution < -0.4 is 15.4 Å². The molecule has 2 aliphatic heterocycles. The number of halogens is 1. The lowest BCUT2D eigenvalue weighted by Crippen LogP contribution is -2.44. The summed E-state index contributed by atoms with van der Waals surface area (Å²) in [5.74, 6) is 1.23. The molecule has 92 valence electrons. The number of carbonyl (C=O) groups excluding carboxylic acids is 1. The van der Waals surface area contributed by atoms with Crippen molar-refractivity contribution in [3.63, 3.8) is 0 Å². The molecule has 4 nitrogen and oxygen atoms in total. The third kappa shape index (κ3) is 1.87. The van der Waals surface area contributed by atoms with E-state index in [4.69, 9.17) is 4.74 Å². The van der Waals surface area contributed by atoms with Gasteiger partial charge in [-0.15, -0.1) is 12.4 Å². The molecule has 2 unspecified atom stereocenters. The second kappa shape index (κ2) is 4.55. The van der Waals surface area contributed by atoms with E-state index < -0.39 is 0 Å². The summed E-state index contributed by atoms with van der Waals surface area (Å²) in [6.07, 6.45) is 0. The van der Waals surface area contributed by atoms with Crippen molar-refractivity contribution in [2.45, 2.75) is 12.0 Å². The van der Waals surface area contributed by atoms with Crippen molar-refractivity contribution < 1.29 is 9.53 Å². The van der Waals surface area contributed by atoms with Crippen LogP contribution in [-0.2, 0) is 0 Å². The maximum Gasteiger partial charge on any atom is 0.251 e. The Bertz CT molecular complexity index is 450. The van der Waals surface area contributed by atoms with Gasteiger partial charge in [-0.1, -0.05) is 0 Å². The first-order chi connectivity index (χ1) is 7.79. The number of hydrogen-bond acceptors (Lipinski definition) is 3. The molecule has 5 heteroatoms. The second-order valence-corrected chi connectivity index (χ2v) is 4.30. The minimum Gasteiger partial charge on any atom is -0.497 e. The van der Waals surface area contributed by atoms with Crippen LogP contribution in [0.4, 0.5) is 0 Å².